The van der Waals surface area contributed by atoms with Crippen LogP contribution in [0.3, 0.4) is 0 Å². The smallest absolute Gasteiger partial charge is 0.252 e. The van der Waals surface area contributed by atoms with E-state index in [0.717, 1.165) is 5.56 Å². The maximum atomic E-state index is 10.7. The summed E-state index contributed by atoms with van der Waals surface area (Å²) in [5.41, 5.74) is 11.5. The highest BCUT2D eigenvalue weighted by atomic mass is 16.1. The van der Waals surface area contributed by atoms with Crippen LogP contribution in [0.2, 0.25) is 0 Å². The molecular weight excluding hydrogens is 142 g/mol. The number of nitrogen functional groups attached to an aromatic ring is 1. The van der Waals surface area contributed by atoms with Gasteiger partial charge in [0.25, 0.3) is 5.91 Å². The van der Waals surface area contributed by atoms with E-state index in [1.165, 1.54) is 6.20 Å². The number of pyridine rings is 1. The Hall–Kier alpha value is -1.58. The van der Waals surface area contributed by atoms with Gasteiger partial charge in [-0.2, -0.15) is 0 Å². The summed E-state index contributed by atoms with van der Waals surface area (Å²) < 4.78 is 0. The molecule has 11 heavy (non-hydrogen) atoms. The minimum atomic E-state index is -0.534. The molecule has 0 atom stereocenters. The Morgan fingerprint density at radius 2 is 2.27 bits per heavy atom. The molecule has 0 aliphatic carbocycles. The number of primary amides is 1. The van der Waals surface area contributed by atoms with E-state index in [0.29, 0.717) is 5.56 Å². The van der Waals surface area contributed by atoms with E-state index in [9.17, 15) is 4.79 Å². The topological polar surface area (TPSA) is 82.0 Å². The second-order valence-corrected chi connectivity index (χ2v) is 2.25. The Morgan fingerprint density at radius 3 is 2.64 bits per heavy atom. The standard InChI is InChI=1S/C7H9N3O/c1-4-2-3-10-6(8)5(4)7(9)11/h2-3H,1H3,(H2,8,10)(H2,9,11). The van der Waals surface area contributed by atoms with Gasteiger partial charge in [-0.05, 0) is 18.6 Å². The third-order valence-corrected chi connectivity index (χ3v) is 1.44. The van der Waals surface area contributed by atoms with Crippen LogP contribution in [0, 0.1) is 6.92 Å². The Labute approximate surface area is 64.2 Å². The fourth-order valence-corrected chi connectivity index (χ4v) is 0.900. The number of amides is 1. The number of carbonyl (C=O) groups is 1. The fourth-order valence-electron chi connectivity index (χ4n) is 0.900. The van der Waals surface area contributed by atoms with Gasteiger partial charge < -0.3 is 11.5 Å². The molecule has 1 aromatic heterocycles. The zero-order valence-corrected chi connectivity index (χ0v) is 6.16. The quantitative estimate of drug-likeness (QED) is 0.595. The number of hydrogen-bond acceptors (Lipinski definition) is 3. The van der Waals surface area contributed by atoms with E-state index >= 15 is 0 Å². The molecule has 0 spiro atoms. The normalized spacial score (nSPS) is 9.55. The van der Waals surface area contributed by atoms with Crippen molar-refractivity contribution in [2.75, 3.05) is 5.73 Å². The van der Waals surface area contributed by atoms with Crippen LogP contribution in [-0.2, 0) is 0 Å². The third-order valence-electron chi connectivity index (χ3n) is 1.44. The SMILES string of the molecule is Cc1ccnc(N)c1C(N)=O. The zero-order valence-electron chi connectivity index (χ0n) is 6.16. The van der Waals surface area contributed by atoms with Crippen molar-refractivity contribution in [3.63, 3.8) is 0 Å². The summed E-state index contributed by atoms with van der Waals surface area (Å²) in [6, 6.07) is 1.69. The molecule has 0 unspecified atom stereocenters. The van der Waals surface area contributed by atoms with E-state index in [2.05, 4.69) is 4.98 Å². The second-order valence-electron chi connectivity index (χ2n) is 2.25. The first-order valence-corrected chi connectivity index (χ1v) is 3.14. The van der Waals surface area contributed by atoms with Crippen molar-refractivity contribution < 1.29 is 4.79 Å². The molecule has 1 rings (SSSR count). The molecule has 4 nitrogen and oxygen atoms in total. The van der Waals surface area contributed by atoms with Gasteiger partial charge in [0, 0.05) is 6.20 Å². The molecule has 1 aromatic rings. The molecule has 0 saturated carbocycles. The van der Waals surface area contributed by atoms with Crippen molar-refractivity contribution in [2.45, 2.75) is 6.92 Å². The number of aromatic nitrogens is 1. The van der Waals surface area contributed by atoms with Gasteiger partial charge >= 0.3 is 0 Å². The average molecular weight is 151 g/mol. The van der Waals surface area contributed by atoms with Crippen molar-refractivity contribution in [1.29, 1.82) is 0 Å². The number of rotatable bonds is 1. The van der Waals surface area contributed by atoms with Crippen LogP contribution in [0.4, 0.5) is 5.82 Å². The molecule has 4 heteroatoms. The largest absolute Gasteiger partial charge is 0.383 e. The van der Waals surface area contributed by atoms with Gasteiger partial charge in [-0.25, -0.2) is 4.98 Å². The van der Waals surface area contributed by atoms with E-state index in [4.69, 9.17) is 11.5 Å². The first-order valence-electron chi connectivity index (χ1n) is 3.14. The molecule has 0 aliphatic heterocycles. The molecule has 0 radical (unpaired) electrons. The maximum Gasteiger partial charge on any atom is 0.252 e. The van der Waals surface area contributed by atoms with Crippen molar-refractivity contribution in [1.82, 2.24) is 4.98 Å². The van der Waals surface area contributed by atoms with Gasteiger partial charge in [-0.3, -0.25) is 4.79 Å². The highest BCUT2D eigenvalue weighted by Crippen LogP contribution is 2.11. The summed E-state index contributed by atoms with van der Waals surface area (Å²) in [6.07, 6.45) is 1.54. The Balaban J connectivity index is 3.32. The lowest BCUT2D eigenvalue weighted by Crippen LogP contribution is -2.15. The van der Waals surface area contributed by atoms with Gasteiger partial charge in [0.2, 0.25) is 0 Å². The number of nitrogens with two attached hydrogens (primary N) is 2. The van der Waals surface area contributed by atoms with Crippen molar-refractivity contribution >= 4 is 11.7 Å². The van der Waals surface area contributed by atoms with E-state index in [-0.39, 0.29) is 5.82 Å². The van der Waals surface area contributed by atoms with Gasteiger partial charge in [0.1, 0.15) is 5.82 Å². The third kappa shape index (κ3) is 1.29. The van der Waals surface area contributed by atoms with Gasteiger partial charge in [-0.15, -0.1) is 0 Å². The molecule has 58 valence electrons. The highest BCUT2D eigenvalue weighted by molar-refractivity contribution is 5.98. The predicted molar refractivity (Wildman–Crippen MR) is 41.9 cm³/mol. The maximum absolute atomic E-state index is 10.7. The van der Waals surface area contributed by atoms with Crippen LogP contribution in [0.15, 0.2) is 12.3 Å². The summed E-state index contributed by atoms with van der Waals surface area (Å²) in [4.78, 5) is 14.5. The van der Waals surface area contributed by atoms with E-state index in [1.807, 2.05) is 0 Å². The van der Waals surface area contributed by atoms with Crippen LogP contribution in [0.1, 0.15) is 15.9 Å². The Kier molecular flexibility index (Phi) is 1.76. The monoisotopic (exact) mass is 151 g/mol. The number of hydrogen-bond donors (Lipinski definition) is 2. The summed E-state index contributed by atoms with van der Waals surface area (Å²) in [7, 11) is 0. The van der Waals surface area contributed by atoms with E-state index < -0.39 is 5.91 Å². The van der Waals surface area contributed by atoms with Gasteiger partial charge in [0.05, 0.1) is 5.56 Å². The van der Waals surface area contributed by atoms with Crippen LogP contribution in [0.5, 0.6) is 0 Å². The molecule has 0 aliphatic rings. The molecular formula is C7H9N3O. The minimum absolute atomic E-state index is 0.192. The summed E-state index contributed by atoms with van der Waals surface area (Å²) in [5, 5.41) is 0. The molecule has 4 N–H and O–H groups in total. The number of nitrogens with zero attached hydrogens (tertiary/aromatic N) is 1. The number of carbonyl (C=O) groups excluding carboxylic acids is 1. The summed E-state index contributed by atoms with van der Waals surface area (Å²) in [6.45, 7) is 1.76. The number of aryl methyl sites for hydroxylation is 1. The van der Waals surface area contributed by atoms with Gasteiger partial charge in [0.15, 0.2) is 0 Å². The van der Waals surface area contributed by atoms with Crippen molar-refractivity contribution in [3.05, 3.63) is 23.4 Å². The molecule has 0 aromatic carbocycles. The molecule has 1 amide bonds. The van der Waals surface area contributed by atoms with Gasteiger partial charge in [-0.1, -0.05) is 0 Å². The summed E-state index contributed by atoms with van der Waals surface area (Å²) in [5.74, 6) is -0.342. The number of anilines is 1. The molecule has 0 fully saturated rings. The lowest BCUT2D eigenvalue weighted by molar-refractivity contribution is 0.100. The first-order chi connectivity index (χ1) is 5.13. The van der Waals surface area contributed by atoms with Crippen molar-refractivity contribution in [3.8, 4) is 0 Å². The molecule has 0 saturated heterocycles. The van der Waals surface area contributed by atoms with Crippen LogP contribution >= 0.6 is 0 Å². The Bertz CT molecular complexity index is 275. The average Bonchev–Trinajstić information content (AvgIpc) is 1.85. The highest BCUT2D eigenvalue weighted by Gasteiger charge is 2.08. The Morgan fingerprint density at radius 1 is 1.64 bits per heavy atom. The van der Waals surface area contributed by atoms with E-state index in [1.54, 1.807) is 13.0 Å². The zero-order chi connectivity index (χ0) is 8.43. The minimum Gasteiger partial charge on any atom is -0.383 e. The molecule has 0 bridgehead atoms. The lowest BCUT2D eigenvalue weighted by atomic mass is 10.1. The second kappa shape index (κ2) is 2.57. The lowest BCUT2D eigenvalue weighted by Gasteiger charge is -2.02. The predicted octanol–water partition coefficient (Wildman–Crippen LogP) is 0.0711. The van der Waals surface area contributed by atoms with Crippen molar-refractivity contribution in [2.24, 2.45) is 5.73 Å². The fraction of sp³-hybridized carbons (Fsp3) is 0.143. The first kappa shape index (κ1) is 7.53. The van der Waals surface area contributed by atoms with Crippen LogP contribution < -0.4 is 11.5 Å². The van der Waals surface area contributed by atoms with Crippen LogP contribution in [0.25, 0.3) is 0 Å². The summed E-state index contributed by atoms with van der Waals surface area (Å²) >= 11 is 0. The van der Waals surface area contributed by atoms with Crippen LogP contribution in [-0.4, -0.2) is 10.9 Å². The molecule has 1 heterocycles.